The monoisotopic (exact) mass is 453 g/mol. The Morgan fingerprint density at radius 3 is 2.37 bits per heavy atom. The molecule has 1 aliphatic rings. The Bertz CT molecular complexity index is 871. The van der Waals surface area contributed by atoms with Gasteiger partial charge in [0, 0.05) is 17.8 Å². The topological polar surface area (TPSA) is 99.2 Å². The van der Waals surface area contributed by atoms with Crippen molar-refractivity contribution in [1.82, 2.24) is 5.06 Å². The molecule has 0 fully saturated rings. The van der Waals surface area contributed by atoms with Crippen LogP contribution in [0.2, 0.25) is 0 Å². The summed E-state index contributed by atoms with van der Waals surface area (Å²) in [5.74, 6) is -2.55. The number of allylic oxidation sites excluding steroid dienone is 4. The summed E-state index contributed by atoms with van der Waals surface area (Å²) in [6, 6.07) is 0. The summed E-state index contributed by atoms with van der Waals surface area (Å²) < 4.78 is 74.9. The van der Waals surface area contributed by atoms with Gasteiger partial charge in [-0.2, -0.15) is 21.6 Å². The minimum Gasteiger partial charge on any atom is -0.491 e. The van der Waals surface area contributed by atoms with Crippen LogP contribution in [0.15, 0.2) is 47.3 Å². The standard InChI is InChI=1S/C18H22F3NO7S/c1-4-7-8-15(28-10-9-27-6-3)12-14-11-13(5-2)16(23)22(17(14)24)29-30(25,26)18(19,20)21/h4,7-8,11-12H,5-6,9-10H2,1-3H3/b7-4+,14-12+,15-8+. The molecule has 0 N–H and O–H groups in total. The largest absolute Gasteiger partial charge is 0.525 e. The predicted octanol–water partition coefficient (Wildman–Crippen LogP) is 2.91. The maximum atomic E-state index is 12.6. The zero-order chi connectivity index (χ0) is 22.9. The summed E-state index contributed by atoms with van der Waals surface area (Å²) in [5, 5.41) is -0.416. The number of alkyl halides is 3. The predicted molar refractivity (Wildman–Crippen MR) is 99.7 cm³/mol. The Labute approximate surface area is 172 Å². The number of carbonyl (C=O) groups is 2. The molecule has 0 saturated carbocycles. The molecule has 168 valence electrons. The van der Waals surface area contributed by atoms with Gasteiger partial charge in [0.25, 0.3) is 11.8 Å². The van der Waals surface area contributed by atoms with Gasteiger partial charge in [-0.25, -0.2) is 0 Å². The molecular formula is C18H22F3NO7S. The van der Waals surface area contributed by atoms with Crippen LogP contribution in [0, 0.1) is 0 Å². The molecule has 0 radical (unpaired) electrons. The van der Waals surface area contributed by atoms with Gasteiger partial charge in [0.15, 0.2) is 0 Å². The van der Waals surface area contributed by atoms with Crippen molar-refractivity contribution in [2.75, 3.05) is 19.8 Å². The highest BCUT2D eigenvalue weighted by Gasteiger charge is 2.51. The molecule has 1 heterocycles. The molecular weight excluding hydrogens is 431 g/mol. The molecule has 0 saturated heterocycles. The van der Waals surface area contributed by atoms with E-state index < -0.39 is 32.5 Å². The Kier molecular flexibility index (Phi) is 9.46. The number of hydrogen-bond donors (Lipinski definition) is 0. The highest BCUT2D eigenvalue weighted by Crippen LogP contribution is 2.29. The summed E-state index contributed by atoms with van der Waals surface area (Å²) >= 11 is 0. The number of hydrogen-bond acceptors (Lipinski definition) is 7. The van der Waals surface area contributed by atoms with Crippen molar-refractivity contribution in [3.05, 3.63) is 47.3 Å². The third kappa shape index (κ3) is 6.82. The minimum absolute atomic E-state index is 0.00842. The van der Waals surface area contributed by atoms with E-state index in [0.29, 0.717) is 6.61 Å². The minimum atomic E-state index is -6.23. The quantitative estimate of drug-likeness (QED) is 0.125. The van der Waals surface area contributed by atoms with Crippen molar-refractivity contribution in [1.29, 1.82) is 0 Å². The van der Waals surface area contributed by atoms with E-state index in [1.54, 1.807) is 26.0 Å². The summed E-state index contributed by atoms with van der Waals surface area (Å²) in [6.45, 7) is 5.83. The second-order valence-corrected chi connectivity index (χ2v) is 7.16. The maximum Gasteiger partial charge on any atom is 0.525 e. The van der Waals surface area contributed by atoms with Crippen LogP contribution >= 0.6 is 0 Å². The zero-order valence-corrected chi connectivity index (χ0v) is 17.4. The highest BCUT2D eigenvalue weighted by atomic mass is 32.2. The van der Waals surface area contributed by atoms with E-state index >= 15 is 0 Å². The number of ether oxygens (including phenoxy) is 2. The average molecular weight is 453 g/mol. The molecule has 0 bridgehead atoms. The van der Waals surface area contributed by atoms with Crippen molar-refractivity contribution in [2.45, 2.75) is 32.7 Å². The van der Waals surface area contributed by atoms with Gasteiger partial charge in [0.05, 0.1) is 6.61 Å². The van der Waals surface area contributed by atoms with Crippen LogP contribution in [0.4, 0.5) is 13.2 Å². The number of halogens is 3. The number of imide groups is 1. The summed E-state index contributed by atoms with van der Waals surface area (Å²) in [7, 11) is -6.23. The Hall–Kier alpha value is -2.44. The molecule has 0 aromatic carbocycles. The van der Waals surface area contributed by atoms with Gasteiger partial charge < -0.3 is 9.47 Å². The molecule has 0 atom stereocenters. The molecule has 1 aliphatic heterocycles. The van der Waals surface area contributed by atoms with Gasteiger partial charge in [-0.05, 0) is 38.5 Å². The van der Waals surface area contributed by atoms with Crippen LogP contribution in [-0.4, -0.2) is 50.6 Å². The third-order valence-corrected chi connectivity index (χ3v) is 4.42. The Balaban J connectivity index is 3.30. The van der Waals surface area contributed by atoms with Crippen molar-refractivity contribution in [3.63, 3.8) is 0 Å². The van der Waals surface area contributed by atoms with Gasteiger partial charge in [0.2, 0.25) is 0 Å². The molecule has 0 aromatic heterocycles. The average Bonchev–Trinajstić information content (AvgIpc) is 2.67. The molecule has 8 nitrogen and oxygen atoms in total. The third-order valence-electron chi connectivity index (χ3n) is 3.51. The van der Waals surface area contributed by atoms with Crippen LogP contribution < -0.4 is 0 Å². The van der Waals surface area contributed by atoms with Gasteiger partial charge in [0.1, 0.15) is 12.4 Å². The number of hydroxylamine groups is 2. The van der Waals surface area contributed by atoms with Gasteiger partial charge in [-0.15, -0.1) is 9.35 Å². The first-order chi connectivity index (χ1) is 14.0. The SMILES string of the molecule is C/C=C/C=C(\C=C1/C=C(CC)C(=O)N(OS(=O)(=O)C(F)(F)F)C1=O)OCCOCC. The van der Waals surface area contributed by atoms with Gasteiger partial charge >= 0.3 is 15.6 Å². The number of nitrogens with zero attached hydrogens (tertiary/aromatic N) is 1. The zero-order valence-electron chi connectivity index (χ0n) is 16.6. The summed E-state index contributed by atoms with van der Waals surface area (Å²) in [6.07, 6.45) is 7.02. The first-order valence-corrected chi connectivity index (χ1v) is 10.2. The van der Waals surface area contributed by atoms with Crippen molar-refractivity contribution in [2.24, 2.45) is 0 Å². The normalized spacial score (nSPS) is 17.8. The number of rotatable bonds is 10. The second kappa shape index (κ2) is 11.1. The second-order valence-electron chi connectivity index (χ2n) is 5.64. The molecule has 1 rings (SSSR count). The van der Waals surface area contributed by atoms with Crippen LogP contribution in [0.25, 0.3) is 0 Å². The van der Waals surface area contributed by atoms with E-state index in [1.165, 1.54) is 13.0 Å². The molecule has 0 spiro atoms. The smallest absolute Gasteiger partial charge is 0.491 e. The van der Waals surface area contributed by atoms with E-state index in [9.17, 15) is 31.2 Å². The van der Waals surface area contributed by atoms with Crippen molar-refractivity contribution in [3.8, 4) is 0 Å². The highest BCUT2D eigenvalue weighted by molar-refractivity contribution is 7.87. The fourth-order valence-electron chi connectivity index (χ4n) is 2.06. The summed E-state index contributed by atoms with van der Waals surface area (Å²) in [5.41, 5.74) is -6.24. The van der Waals surface area contributed by atoms with E-state index in [4.69, 9.17) is 9.47 Å². The van der Waals surface area contributed by atoms with E-state index in [2.05, 4.69) is 4.28 Å². The lowest BCUT2D eigenvalue weighted by molar-refractivity contribution is -0.169. The summed E-state index contributed by atoms with van der Waals surface area (Å²) in [4.78, 5) is 24.7. The van der Waals surface area contributed by atoms with Crippen LogP contribution in [0.1, 0.15) is 27.2 Å². The molecule has 12 heteroatoms. The van der Waals surface area contributed by atoms with Crippen LogP contribution in [0.5, 0.6) is 0 Å². The molecule has 2 amide bonds. The first-order valence-electron chi connectivity index (χ1n) is 8.83. The van der Waals surface area contributed by atoms with Crippen molar-refractivity contribution < 1.29 is 44.9 Å². The lowest BCUT2D eigenvalue weighted by atomic mass is 10.0. The number of amides is 2. The molecule has 30 heavy (non-hydrogen) atoms. The number of carbonyl (C=O) groups excluding carboxylic acids is 2. The Morgan fingerprint density at radius 1 is 1.17 bits per heavy atom. The molecule has 0 aliphatic carbocycles. The van der Waals surface area contributed by atoms with E-state index in [0.717, 1.165) is 12.2 Å². The van der Waals surface area contributed by atoms with E-state index in [-0.39, 0.29) is 36.5 Å². The van der Waals surface area contributed by atoms with E-state index in [1.807, 2.05) is 0 Å². The van der Waals surface area contributed by atoms with Crippen LogP contribution in [0.3, 0.4) is 0 Å². The van der Waals surface area contributed by atoms with Crippen molar-refractivity contribution >= 4 is 21.9 Å². The lowest BCUT2D eigenvalue weighted by Crippen LogP contribution is -2.45. The lowest BCUT2D eigenvalue weighted by Gasteiger charge is -2.25. The maximum absolute atomic E-state index is 12.6. The first kappa shape index (κ1) is 25.6. The molecule has 0 aromatic rings. The fraction of sp³-hybridized carbons (Fsp3) is 0.444. The van der Waals surface area contributed by atoms with Crippen LogP contribution in [-0.2, 0) is 33.5 Å². The molecule has 0 unspecified atom stereocenters. The fourth-order valence-corrected chi connectivity index (χ4v) is 2.48. The van der Waals surface area contributed by atoms with Gasteiger partial charge in [-0.3, -0.25) is 9.59 Å². The van der Waals surface area contributed by atoms with Gasteiger partial charge in [-0.1, -0.05) is 19.1 Å². The Morgan fingerprint density at radius 2 is 1.83 bits per heavy atom.